The largest absolute Gasteiger partial charge is 0.390 e. The Morgan fingerprint density at radius 3 is 2.55 bits per heavy atom. The predicted octanol–water partition coefficient (Wildman–Crippen LogP) is 2.15. The van der Waals surface area contributed by atoms with Crippen LogP contribution in [0.25, 0.3) is 0 Å². The first-order chi connectivity index (χ1) is 10.5. The SMILES string of the molecule is CC1(C)OC[C@@]2(C[C@@H](O)[C@H]3OC(c4ccccc4)O[C@@H]3C2)O1. The lowest BCUT2D eigenvalue weighted by molar-refractivity contribution is -0.188. The van der Waals surface area contributed by atoms with Gasteiger partial charge in [-0.25, -0.2) is 0 Å². The molecule has 1 unspecified atom stereocenters. The maximum Gasteiger partial charge on any atom is 0.184 e. The Kier molecular flexibility index (Phi) is 3.33. The normalized spacial score (nSPS) is 43.4. The average molecular weight is 306 g/mol. The van der Waals surface area contributed by atoms with Gasteiger partial charge in [-0.3, -0.25) is 0 Å². The maximum atomic E-state index is 10.5. The van der Waals surface area contributed by atoms with E-state index in [9.17, 15) is 5.11 Å². The monoisotopic (exact) mass is 306 g/mol. The number of ether oxygens (including phenoxy) is 4. The summed E-state index contributed by atoms with van der Waals surface area (Å²) in [5.41, 5.74) is 0.501. The van der Waals surface area contributed by atoms with Crippen LogP contribution in [0.1, 0.15) is 38.5 Å². The lowest BCUT2D eigenvalue weighted by Crippen LogP contribution is -2.53. The number of hydrogen-bond acceptors (Lipinski definition) is 5. The smallest absolute Gasteiger partial charge is 0.184 e. The van der Waals surface area contributed by atoms with Crippen molar-refractivity contribution in [1.29, 1.82) is 0 Å². The minimum absolute atomic E-state index is 0.175. The number of aliphatic hydroxyl groups is 1. The minimum atomic E-state index is -0.607. The lowest BCUT2D eigenvalue weighted by Gasteiger charge is -2.40. The second-order valence-electron chi connectivity index (χ2n) is 6.97. The van der Waals surface area contributed by atoms with Crippen molar-refractivity contribution in [2.45, 2.75) is 62.7 Å². The Hall–Kier alpha value is -0.980. The van der Waals surface area contributed by atoms with Gasteiger partial charge in [-0.15, -0.1) is 0 Å². The van der Waals surface area contributed by atoms with Gasteiger partial charge >= 0.3 is 0 Å². The van der Waals surface area contributed by atoms with Crippen LogP contribution >= 0.6 is 0 Å². The van der Waals surface area contributed by atoms with Crippen LogP contribution in [0.5, 0.6) is 0 Å². The van der Waals surface area contributed by atoms with Crippen molar-refractivity contribution in [3.05, 3.63) is 35.9 Å². The minimum Gasteiger partial charge on any atom is -0.390 e. The molecule has 4 rings (SSSR count). The van der Waals surface area contributed by atoms with E-state index in [1.54, 1.807) is 0 Å². The highest BCUT2D eigenvalue weighted by atomic mass is 16.8. The highest BCUT2D eigenvalue weighted by Crippen LogP contribution is 2.47. The molecule has 5 heteroatoms. The molecule has 1 saturated carbocycles. The third-order valence-electron chi connectivity index (χ3n) is 4.70. The highest BCUT2D eigenvalue weighted by Gasteiger charge is 2.56. The molecule has 1 aromatic carbocycles. The van der Waals surface area contributed by atoms with Crippen molar-refractivity contribution in [3.63, 3.8) is 0 Å². The van der Waals surface area contributed by atoms with Gasteiger partial charge in [0.15, 0.2) is 12.1 Å². The molecule has 1 spiro atoms. The van der Waals surface area contributed by atoms with Gasteiger partial charge in [0.05, 0.1) is 18.8 Å². The molecule has 5 atom stereocenters. The third-order valence-corrected chi connectivity index (χ3v) is 4.70. The van der Waals surface area contributed by atoms with E-state index in [-0.39, 0.29) is 12.2 Å². The van der Waals surface area contributed by atoms with Gasteiger partial charge in [0.25, 0.3) is 0 Å². The molecule has 22 heavy (non-hydrogen) atoms. The standard InChI is InChI=1S/C17H22O5/c1-16(2)19-10-17(22-16)8-12(18)14-13(9-17)20-15(21-14)11-6-4-3-5-7-11/h3-7,12-15,18H,8-10H2,1-2H3/t12-,13-,14-,15?,17+/m1/s1. The molecular weight excluding hydrogens is 284 g/mol. The van der Waals surface area contributed by atoms with Crippen LogP contribution in [-0.4, -0.2) is 41.4 Å². The van der Waals surface area contributed by atoms with Gasteiger partial charge in [-0.05, 0) is 13.8 Å². The number of rotatable bonds is 1. The second kappa shape index (κ2) is 5.01. The lowest BCUT2D eigenvalue weighted by atomic mass is 9.80. The fraction of sp³-hybridized carbons (Fsp3) is 0.647. The van der Waals surface area contributed by atoms with Gasteiger partial charge in [0.1, 0.15) is 11.7 Å². The molecule has 0 aromatic heterocycles. The van der Waals surface area contributed by atoms with E-state index >= 15 is 0 Å². The molecule has 1 N–H and O–H groups in total. The number of hydrogen-bond donors (Lipinski definition) is 1. The van der Waals surface area contributed by atoms with Crippen molar-refractivity contribution in [3.8, 4) is 0 Å². The van der Waals surface area contributed by atoms with Crippen LogP contribution < -0.4 is 0 Å². The van der Waals surface area contributed by atoms with Crippen molar-refractivity contribution >= 4 is 0 Å². The summed E-state index contributed by atoms with van der Waals surface area (Å²) in [4.78, 5) is 0. The zero-order valence-electron chi connectivity index (χ0n) is 12.9. The van der Waals surface area contributed by atoms with Gasteiger partial charge in [-0.1, -0.05) is 30.3 Å². The first kappa shape index (κ1) is 14.6. The van der Waals surface area contributed by atoms with Crippen LogP contribution in [0.4, 0.5) is 0 Å². The molecule has 1 aromatic rings. The molecule has 2 saturated heterocycles. The molecule has 0 bridgehead atoms. The topological polar surface area (TPSA) is 57.2 Å². The van der Waals surface area contributed by atoms with Gasteiger partial charge in [-0.2, -0.15) is 0 Å². The molecule has 0 amide bonds. The van der Waals surface area contributed by atoms with Gasteiger partial charge < -0.3 is 24.1 Å². The molecule has 1 aliphatic carbocycles. The summed E-state index contributed by atoms with van der Waals surface area (Å²) in [5.74, 6) is -0.606. The molecular formula is C17H22O5. The Labute approximate surface area is 130 Å². The maximum absolute atomic E-state index is 10.5. The zero-order valence-corrected chi connectivity index (χ0v) is 12.9. The van der Waals surface area contributed by atoms with Crippen molar-refractivity contribution in [2.24, 2.45) is 0 Å². The summed E-state index contributed by atoms with van der Waals surface area (Å²) in [6, 6.07) is 9.82. The van der Waals surface area contributed by atoms with E-state index in [1.807, 2.05) is 44.2 Å². The third kappa shape index (κ3) is 2.47. The predicted molar refractivity (Wildman–Crippen MR) is 78.0 cm³/mol. The van der Waals surface area contributed by atoms with Gasteiger partial charge in [0.2, 0.25) is 0 Å². The number of benzene rings is 1. The summed E-state index contributed by atoms with van der Waals surface area (Å²) >= 11 is 0. The molecule has 2 aliphatic heterocycles. The summed E-state index contributed by atoms with van der Waals surface area (Å²) in [6.07, 6.45) is -0.305. The molecule has 3 fully saturated rings. The molecule has 120 valence electrons. The second-order valence-corrected chi connectivity index (χ2v) is 6.97. The number of fused-ring (bicyclic) bond motifs is 1. The molecule has 0 radical (unpaired) electrons. The fourth-order valence-corrected chi connectivity index (χ4v) is 3.80. The molecule has 3 aliphatic rings. The fourth-order valence-electron chi connectivity index (χ4n) is 3.80. The first-order valence-corrected chi connectivity index (χ1v) is 7.85. The molecule has 2 heterocycles. The van der Waals surface area contributed by atoms with Crippen LogP contribution in [0.3, 0.4) is 0 Å². The van der Waals surface area contributed by atoms with E-state index in [0.717, 1.165) is 5.56 Å². The van der Waals surface area contributed by atoms with E-state index in [0.29, 0.717) is 19.4 Å². The summed E-state index contributed by atoms with van der Waals surface area (Å²) in [7, 11) is 0. The summed E-state index contributed by atoms with van der Waals surface area (Å²) < 4.78 is 23.8. The zero-order chi connectivity index (χ0) is 15.4. The quantitative estimate of drug-likeness (QED) is 0.861. The van der Waals surface area contributed by atoms with Crippen molar-refractivity contribution in [2.75, 3.05) is 6.61 Å². The van der Waals surface area contributed by atoms with Crippen molar-refractivity contribution < 1.29 is 24.1 Å². The van der Waals surface area contributed by atoms with Gasteiger partial charge in [0, 0.05) is 18.4 Å². The molecule has 5 nitrogen and oxygen atoms in total. The first-order valence-electron chi connectivity index (χ1n) is 7.85. The Morgan fingerprint density at radius 2 is 1.86 bits per heavy atom. The van der Waals surface area contributed by atoms with E-state index in [2.05, 4.69) is 0 Å². The Morgan fingerprint density at radius 1 is 1.09 bits per heavy atom. The van der Waals surface area contributed by atoms with Crippen LogP contribution in [0.15, 0.2) is 30.3 Å². The van der Waals surface area contributed by atoms with Crippen LogP contribution in [0.2, 0.25) is 0 Å². The highest BCUT2D eigenvalue weighted by molar-refractivity contribution is 5.17. The average Bonchev–Trinajstić information content (AvgIpc) is 3.02. The van der Waals surface area contributed by atoms with E-state index in [1.165, 1.54) is 0 Å². The van der Waals surface area contributed by atoms with E-state index in [4.69, 9.17) is 18.9 Å². The Bertz CT molecular complexity index is 545. The van der Waals surface area contributed by atoms with E-state index < -0.39 is 23.8 Å². The van der Waals surface area contributed by atoms with Crippen LogP contribution in [0, 0.1) is 0 Å². The Balaban J connectivity index is 1.53. The summed E-state index contributed by atoms with van der Waals surface area (Å²) in [5, 5.41) is 10.5. The summed E-state index contributed by atoms with van der Waals surface area (Å²) in [6.45, 7) is 4.29. The number of aliphatic hydroxyl groups excluding tert-OH is 1. The van der Waals surface area contributed by atoms with Crippen molar-refractivity contribution in [1.82, 2.24) is 0 Å². The van der Waals surface area contributed by atoms with Crippen LogP contribution in [-0.2, 0) is 18.9 Å².